The maximum absolute atomic E-state index is 12.6. The first-order valence-corrected chi connectivity index (χ1v) is 9.07. The van der Waals surface area contributed by atoms with E-state index >= 15 is 0 Å². The topological polar surface area (TPSA) is 76.9 Å². The van der Waals surface area contributed by atoms with Crippen LogP contribution in [0.3, 0.4) is 0 Å². The molecule has 0 aliphatic rings. The number of carbonyl (C=O) groups excluding carboxylic acids is 1. The molecule has 0 radical (unpaired) electrons. The number of hydrogen-bond acceptors (Lipinski definition) is 4. The third-order valence-electron chi connectivity index (χ3n) is 4.21. The average Bonchev–Trinajstić information content (AvgIpc) is 2.53. The highest BCUT2D eigenvalue weighted by Crippen LogP contribution is 2.06. The van der Waals surface area contributed by atoms with Crippen LogP contribution in [0.25, 0.3) is 0 Å². The minimum absolute atomic E-state index is 0.220. The highest BCUT2D eigenvalue weighted by Gasteiger charge is 2.15. The zero-order valence-electron chi connectivity index (χ0n) is 16.3. The van der Waals surface area contributed by atoms with E-state index in [4.69, 9.17) is 0 Å². The number of aromatic nitrogens is 3. The molecule has 1 amide bonds. The maximum atomic E-state index is 12.6. The van der Waals surface area contributed by atoms with Gasteiger partial charge in [-0.2, -0.15) is 0 Å². The highest BCUT2D eigenvalue weighted by atomic mass is 16.2. The first kappa shape index (κ1) is 19.8. The van der Waals surface area contributed by atoms with E-state index in [-0.39, 0.29) is 17.0 Å². The van der Waals surface area contributed by atoms with Crippen LogP contribution in [0.5, 0.6) is 0 Å². The molecule has 6 heteroatoms. The zero-order chi connectivity index (χ0) is 19.3. The van der Waals surface area contributed by atoms with Gasteiger partial charge in [0, 0.05) is 37.1 Å². The molecular formula is C20H28N4O2. The molecule has 0 aliphatic carbocycles. The van der Waals surface area contributed by atoms with Gasteiger partial charge in [0.15, 0.2) is 0 Å². The summed E-state index contributed by atoms with van der Waals surface area (Å²) in [5, 5.41) is 2.83. The molecule has 2 aromatic heterocycles. The maximum Gasteiger partial charge on any atom is 0.263 e. The van der Waals surface area contributed by atoms with Crippen molar-refractivity contribution in [2.45, 2.75) is 54.0 Å². The highest BCUT2D eigenvalue weighted by molar-refractivity contribution is 5.95. The Morgan fingerprint density at radius 1 is 1.19 bits per heavy atom. The third kappa shape index (κ3) is 5.25. The van der Waals surface area contributed by atoms with E-state index in [0.29, 0.717) is 36.8 Å². The van der Waals surface area contributed by atoms with Gasteiger partial charge >= 0.3 is 0 Å². The molecule has 0 bridgehead atoms. The Balaban J connectivity index is 2.06. The lowest BCUT2D eigenvalue weighted by atomic mass is 10.1. The lowest BCUT2D eigenvalue weighted by Crippen LogP contribution is -2.35. The number of amides is 1. The van der Waals surface area contributed by atoms with E-state index in [2.05, 4.69) is 29.1 Å². The Morgan fingerprint density at radius 3 is 2.46 bits per heavy atom. The van der Waals surface area contributed by atoms with Gasteiger partial charge in [-0.15, -0.1) is 0 Å². The Hall–Kier alpha value is -2.50. The van der Waals surface area contributed by atoms with E-state index in [1.165, 1.54) is 0 Å². The van der Waals surface area contributed by atoms with Gasteiger partial charge in [-0.1, -0.05) is 13.8 Å². The van der Waals surface area contributed by atoms with Gasteiger partial charge in [0.1, 0.15) is 11.4 Å². The lowest BCUT2D eigenvalue weighted by molar-refractivity contribution is 0.0951. The van der Waals surface area contributed by atoms with E-state index in [0.717, 1.165) is 17.8 Å². The van der Waals surface area contributed by atoms with Crippen molar-refractivity contribution in [3.8, 4) is 0 Å². The van der Waals surface area contributed by atoms with Gasteiger partial charge in [0.05, 0.1) is 0 Å². The van der Waals surface area contributed by atoms with Gasteiger partial charge in [0.2, 0.25) is 0 Å². The molecule has 6 nitrogen and oxygen atoms in total. The van der Waals surface area contributed by atoms with Crippen molar-refractivity contribution in [3.05, 3.63) is 57.0 Å². The molecule has 0 aromatic carbocycles. The number of nitrogens with zero attached hydrogens (tertiary/aromatic N) is 3. The standard InChI is InChI=1S/C20H28N4O2/c1-13(2)7-10-24-11-8-14(3)18(20(24)26)19(25)21-9-6-17-22-15(4)12-16(5)23-17/h8,11-13H,6-7,9-10H2,1-5H3,(H,21,25). The van der Waals surface area contributed by atoms with E-state index in [1.54, 1.807) is 17.7 Å². The first-order valence-electron chi connectivity index (χ1n) is 9.07. The second-order valence-electron chi connectivity index (χ2n) is 7.13. The fourth-order valence-electron chi connectivity index (χ4n) is 2.80. The molecule has 0 saturated carbocycles. The zero-order valence-corrected chi connectivity index (χ0v) is 16.3. The largest absolute Gasteiger partial charge is 0.351 e. The van der Waals surface area contributed by atoms with Crippen molar-refractivity contribution in [3.63, 3.8) is 0 Å². The lowest BCUT2D eigenvalue weighted by Gasteiger charge is -2.12. The summed E-state index contributed by atoms with van der Waals surface area (Å²) < 4.78 is 1.62. The van der Waals surface area contributed by atoms with Crippen LogP contribution in [0.4, 0.5) is 0 Å². The van der Waals surface area contributed by atoms with Crippen molar-refractivity contribution >= 4 is 5.91 Å². The fourth-order valence-corrected chi connectivity index (χ4v) is 2.80. The van der Waals surface area contributed by atoms with E-state index < -0.39 is 0 Å². The SMILES string of the molecule is Cc1cc(C)nc(CCNC(=O)c2c(C)ccn(CCC(C)C)c2=O)n1. The van der Waals surface area contributed by atoms with Gasteiger partial charge in [-0.05, 0) is 50.8 Å². The molecule has 0 unspecified atom stereocenters. The smallest absolute Gasteiger partial charge is 0.263 e. The van der Waals surface area contributed by atoms with Gasteiger partial charge in [0.25, 0.3) is 11.5 Å². The fraction of sp³-hybridized carbons (Fsp3) is 0.500. The molecule has 0 aliphatic heterocycles. The summed E-state index contributed by atoms with van der Waals surface area (Å²) in [6.45, 7) is 10.9. The summed E-state index contributed by atoms with van der Waals surface area (Å²) in [6.07, 6.45) is 3.19. The molecule has 0 fully saturated rings. The molecule has 1 N–H and O–H groups in total. The average molecular weight is 356 g/mol. The summed E-state index contributed by atoms with van der Waals surface area (Å²) in [4.78, 5) is 33.9. The van der Waals surface area contributed by atoms with Gasteiger partial charge in [-0.3, -0.25) is 9.59 Å². The quantitative estimate of drug-likeness (QED) is 0.827. The van der Waals surface area contributed by atoms with E-state index in [1.807, 2.05) is 26.0 Å². The molecule has 2 heterocycles. The summed E-state index contributed by atoms with van der Waals surface area (Å²) in [5.41, 5.74) is 2.50. The Morgan fingerprint density at radius 2 is 1.85 bits per heavy atom. The molecular weight excluding hydrogens is 328 g/mol. The van der Waals surface area contributed by atoms with Gasteiger partial charge in [-0.25, -0.2) is 9.97 Å². The normalized spacial score (nSPS) is 11.0. The Kier molecular flexibility index (Phi) is 6.66. The molecule has 0 saturated heterocycles. The van der Waals surface area contributed by atoms with Crippen LogP contribution in [0.1, 0.15) is 53.4 Å². The number of pyridine rings is 1. The summed E-state index contributed by atoms with van der Waals surface area (Å²) in [7, 11) is 0. The minimum Gasteiger partial charge on any atom is -0.351 e. The Bertz CT molecular complexity index is 820. The summed E-state index contributed by atoms with van der Waals surface area (Å²) in [5.74, 6) is 0.857. The van der Waals surface area contributed by atoms with Crippen molar-refractivity contribution in [1.82, 2.24) is 19.9 Å². The van der Waals surface area contributed by atoms with Crippen molar-refractivity contribution in [2.75, 3.05) is 6.54 Å². The van der Waals surface area contributed by atoms with Gasteiger partial charge < -0.3 is 9.88 Å². The molecule has 2 rings (SSSR count). The van der Waals surface area contributed by atoms with Crippen LogP contribution in [-0.4, -0.2) is 27.0 Å². The van der Waals surface area contributed by atoms with E-state index in [9.17, 15) is 9.59 Å². The molecule has 0 spiro atoms. The first-order chi connectivity index (χ1) is 12.3. The van der Waals surface area contributed by atoms with Crippen LogP contribution in [0.15, 0.2) is 23.1 Å². The second-order valence-corrected chi connectivity index (χ2v) is 7.13. The van der Waals surface area contributed by atoms with Crippen LogP contribution < -0.4 is 10.9 Å². The number of aryl methyl sites for hydroxylation is 4. The van der Waals surface area contributed by atoms with Crippen molar-refractivity contribution in [2.24, 2.45) is 5.92 Å². The van der Waals surface area contributed by atoms with Crippen LogP contribution in [-0.2, 0) is 13.0 Å². The number of hydrogen-bond donors (Lipinski definition) is 1. The number of carbonyl (C=O) groups is 1. The molecule has 26 heavy (non-hydrogen) atoms. The molecule has 0 atom stereocenters. The molecule has 2 aromatic rings. The predicted molar refractivity (Wildman–Crippen MR) is 102 cm³/mol. The van der Waals surface area contributed by atoms with Crippen molar-refractivity contribution < 1.29 is 4.79 Å². The number of nitrogens with one attached hydrogen (secondary N) is 1. The number of rotatable bonds is 7. The van der Waals surface area contributed by atoms with Crippen LogP contribution in [0.2, 0.25) is 0 Å². The van der Waals surface area contributed by atoms with Crippen molar-refractivity contribution in [1.29, 1.82) is 0 Å². The summed E-state index contributed by atoms with van der Waals surface area (Å²) >= 11 is 0. The monoisotopic (exact) mass is 356 g/mol. The summed E-state index contributed by atoms with van der Waals surface area (Å²) in [6, 6.07) is 3.73. The van der Waals surface area contributed by atoms with Crippen LogP contribution >= 0.6 is 0 Å². The Labute approximate surface area is 154 Å². The third-order valence-corrected chi connectivity index (χ3v) is 4.21. The predicted octanol–water partition coefficient (Wildman–Crippen LogP) is 2.58. The molecule has 140 valence electrons. The second kappa shape index (κ2) is 8.74. The van der Waals surface area contributed by atoms with Crippen LogP contribution in [0, 0.1) is 26.7 Å². The minimum atomic E-state index is -0.337.